The second-order valence-corrected chi connectivity index (χ2v) is 6.13. The molecule has 96 valence electrons. The van der Waals surface area contributed by atoms with Gasteiger partial charge in [0.25, 0.3) is 0 Å². The van der Waals surface area contributed by atoms with Crippen LogP contribution in [0, 0.1) is 11.3 Å². The van der Waals surface area contributed by atoms with E-state index in [1.165, 1.54) is 57.9 Å². The van der Waals surface area contributed by atoms with E-state index in [4.69, 9.17) is 0 Å². The van der Waals surface area contributed by atoms with Crippen LogP contribution in [0.4, 0.5) is 0 Å². The van der Waals surface area contributed by atoms with Crippen LogP contribution in [-0.4, -0.2) is 13.1 Å². The predicted molar refractivity (Wildman–Crippen MR) is 72.8 cm³/mol. The molecule has 0 unspecified atom stereocenters. The molecule has 0 bridgehead atoms. The molecule has 16 heavy (non-hydrogen) atoms. The summed E-state index contributed by atoms with van der Waals surface area (Å²) in [5, 5.41) is 3.60. The van der Waals surface area contributed by atoms with Gasteiger partial charge in [0.2, 0.25) is 0 Å². The summed E-state index contributed by atoms with van der Waals surface area (Å²) < 4.78 is 0. The van der Waals surface area contributed by atoms with Crippen LogP contribution in [-0.2, 0) is 0 Å². The van der Waals surface area contributed by atoms with E-state index in [0.29, 0.717) is 5.41 Å². The number of nitrogens with one attached hydrogen (secondary N) is 1. The van der Waals surface area contributed by atoms with Crippen molar-refractivity contribution in [3.05, 3.63) is 0 Å². The normalized spacial score (nSPS) is 20.2. The molecule has 1 fully saturated rings. The van der Waals surface area contributed by atoms with Crippen molar-refractivity contribution < 1.29 is 0 Å². The molecule has 0 heterocycles. The molecule has 0 aromatic rings. The minimum Gasteiger partial charge on any atom is -0.316 e. The lowest BCUT2D eigenvalue weighted by molar-refractivity contribution is 0.160. The van der Waals surface area contributed by atoms with E-state index < -0.39 is 0 Å². The first-order valence-electron chi connectivity index (χ1n) is 7.39. The van der Waals surface area contributed by atoms with Crippen LogP contribution in [0.1, 0.15) is 72.1 Å². The Morgan fingerprint density at radius 1 is 1.12 bits per heavy atom. The Morgan fingerprint density at radius 2 is 1.81 bits per heavy atom. The molecule has 1 aliphatic rings. The summed E-state index contributed by atoms with van der Waals surface area (Å²) in [5.41, 5.74) is 0.656. The van der Waals surface area contributed by atoms with E-state index >= 15 is 0 Å². The smallest absolute Gasteiger partial charge is 0.000769 e. The lowest BCUT2D eigenvalue weighted by atomic mass is 9.70. The fourth-order valence-corrected chi connectivity index (χ4v) is 3.09. The summed E-state index contributed by atoms with van der Waals surface area (Å²) >= 11 is 0. The van der Waals surface area contributed by atoms with Crippen LogP contribution in [0.25, 0.3) is 0 Å². The SMILES string of the molecule is CCNCC1(CCCC(C)C)CCCCC1. The highest BCUT2D eigenvalue weighted by molar-refractivity contribution is 4.84. The fraction of sp³-hybridized carbons (Fsp3) is 1.00. The summed E-state index contributed by atoms with van der Waals surface area (Å²) in [6.07, 6.45) is 11.6. The van der Waals surface area contributed by atoms with Gasteiger partial charge in [-0.1, -0.05) is 52.9 Å². The standard InChI is InChI=1S/C15H31N/c1-4-16-13-15(10-6-5-7-11-15)12-8-9-14(2)3/h14,16H,4-13H2,1-3H3. The van der Waals surface area contributed by atoms with Crippen molar-refractivity contribution in [3.63, 3.8) is 0 Å². The van der Waals surface area contributed by atoms with Gasteiger partial charge in [-0.25, -0.2) is 0 Å². The highest BCUT2D eigenvalue weighted by Crippen LogP contribution is 2.40. The molecule has 0 radical (unpaired) electrons. The van der Waals surface area contributed by atoms with E-state index in [9.17, 15) is 0 Å². The van der Waals surface area contributed by atoms with Gasteiger partial charge >= 0.3 is 0 Å². The molecule has 0 aromatic carbocycles. The Morgan fingerprint density at radius 3 is 2.38 bits per heavy atom. The minimum atomic E-state index is 0.656. The highest BCUT2D eigenvalue weighted by Gasteiger charge is 2.30. The van der Waals surface area contributed by atoms with E-state index in [1.807, 2.05) is 0 Å². The first kappa shape index (κ1) is 14.0. The van der Waals surface area contributed by atoms with Gasteiger partial charge in [0.1, 0.15) is 0 Å². The lowest BCUT2D eigenvalue weighted by Gasteiger charge is -2.38. The van der Waals surface area contributed by atoms with Gasteiger partial charge in [-0.2, -0.15) is 0 Å². The third-order valence-corrected chi connectivity index (χ3v) is 4.15. The molecule has 1 aliphatic carbocycles. The van der Waals surface area contributed by atoms with Gasteiger partial charge in [0.15, 0.2) is 0 Å². The van der Waals surface area contributed by atoms with Crippen molar-refractivity contribution in [3.8, 4) is 0 Å². The van der Waals surface area contributed by atoms with Gasteiger partial charge < -0.3 is 5.32 Å². The zero-order chi connectivity index (χ0) is 11.9. The summed E-state index contributed by atoms with van der Waals surface area (Å²) in [5.74, 6) is 0.875. The summed E-state index contributed by atoms with van der Waals surface area (Å²) in [7, 11) is 0. The van der Waals surface area contributed by atoms with Crippen molar-refractivity contribution in [1.29, 1.82) is 0 Å². The van der Waals surface area contributed by atoms with E-state index in [1.54, 1.807) is 0 Å². The Kier molecular flexibility index (Phi) is 6.41. The molecule has 0 amide bonds. The number of rotatable bonds is 7. The molecular weight excluding hydrogens is 194 g/mol. The van der Waals surface area contributed by atoms with Crippen molar-refractivity contribution in [1.82, 2.24) is 5.32 Å². The maximum Gasteiger partial charge on any atom is 0.000769 e. The average Bonchev–Trinajstić information content (AvgIpc) is 2.27. The quantitative estimate of drug-likeness (QED) is 0.678. The van der Waals surface area contributed by atoms with Crippen molar-refractivity contribution in [2.24, 2.45) is 11.3 Å². The van der Waals surface area contributed by atoms with Crippen LogP contribution in [0.5, 0.6) is 0 Å². The predicted octanol–water partition coefficient (Wildman–Crippen LogP) is 4.37. The Balaban J connectivity index is 2.36. The number of hydrogen-bond acceptors (Lipinski definition) is 1. The third-order valence-electron chi connectivity index (χ3n) is 4.15. The Hall–Kier alpha value is -0.0400. The van der Waals surface area contributed by atoms with E-state index in [0.717, 1.165) is 12.5 Å². The molecule has 0 saturated heterocycles. The van der Waals surface area contributed by atoms with Crippen LogP contribution in [0.2, 0.25) is 0 Å². The second-order valence-electron chi connectivity index (χ2n) is 6.13. The molecule has 1 nitrogen and oxygen atoms in total. The Labute approximate surface area is 102 Å². The first-order valence-corrected chi connectivity index (χ1v) is 7.39. The fourth-order valence-electron chi connectivity index (χ4n) is 3.09. The Bertz CT molecular complexity index is 168. The zero-order valence-electron chi connectivity index (χ0n) is 11.6. The van der Waals surface area contributed by atoms with Gasteiger partial charge in [0.05, 0.1) is 0 Å². The van der Waals surface area contributed by atoms with Gasteiger partial charge in [-0.15, -0.1) is 0 Å². The van der Waals surface area contributed by atoms with Gasteiger partial charge in [-0.05, 0) is 37.1 Å². The molecule has 0 aliphatic heterocycles. The summed E-state index contributed by atoms with van der Waals surface area (Å²) in [6, 6.07) is 0. The maximum atomic E-state index is 3.60. The monoisotopic (exact) mass is 225 g/mol. The van der Waals surface area contributed by atoms with Crippen LogP contribution in [0.15, 0.2) is 0 Å². The van der Waals surface area contributed by atoms with Gasteiger partial charge in [0, 0.05) is 6.54 Å². The van der Waals surface area contributed by atoms with Crippen LogP contribution >= 0.6 is 0 Å². The van der Waals surface area contributed by atoms with Crippen LogP contribution in [0.3, 0.4) is 0 Å². The first-order chi connectivity index (χ1) is 7.68. The molecule has 1 rings (SSSR count). The van der Waals surface area contributed by atoms with Gasteiger partial charge in [-0.3, -0.25) is 0 Å². The topological polar surface area (TPSA) is 12.0 Å². The number of hydrogen-bond donors (Lipinski definition) is 1. The molecule has 0 atom stereocenters. The molecule has 1 N–H and O–H groups in total. The summed E-state index contributed by atoms with van der Waals surface area (Å²) in [6.45, 7) is 9.31. The van der Waals surface area contributed by atoms with Crippen molar-refractivity contribution in [2.75, 3.05) is 13.1 Å². The molecule has 0 spiro atoms. The maximum absolute atomic E-state index is 3.60. The highest BCUT2D eigenvalue weighted by atomic mass is 14.9. The van der Waals surface area contributed by atoms with E-state index in [2.05, 4.69) is 26.1 Å². The molecule has 1 heteroatoms. The second kappa shape index (κ2) is 7.32. The molecule has 0 aromatic heterocycles. The third kappa shape index (κ3) is 4.86. The zero-order valence-corrected chi connectivity index (χ0v) is 11.6. The van der Waals surface area contributed by atoms with E-state index in [-0.39, 0.29) is 0 Å². The lowest BCUT2D eigenvalue weighted by Crippen LogP contribution is -2.36. The summed E-state index contributed by atoms with van der Waals surface area (Å²) in [4.78, 5) is 0. The molecular formula is C15H31N. The molecule has 1 saturated carbocycles. The van der Waals surface area contributed by atoms with Crippen molar-refractivity contribution >= 4 is 0 Å². The minimum absolute atomic E-state index is 0.656. The average molecular weight is 225 g/mol. The van der Waals surface area contributed by atoms with Crippen LogP contribution < -0.4 is 5.32 Å². The van der Waals surface area contributed by atoms with Crippen molar-refractivity contribution in [2.45, 2.75) is 72.1 Å². The largest absolute Gasteiger partial charge is 0.316 e.